The Morgan fingerprint density at radius 1 is 0.950 bits per heavy atom. The van der Waals surface area contributed by atoms with E-state index in [2.05, 4.69) is 4.98 Å². The van der Waals surface area contributed by atoms with Crippen LogP contribution < -0.4 is 18.9 Å². The molecule has 1 saturated carbocycles. The minimum atomic E-state index is -2.27. The number of fused-ring (bicyclic) bond motifs is 3. The van der Waals surface area contributed by atoms with Crippen molar-refractivity contribution in [1.29, 1.82) is 0 Å². The van der Waals surface area contributed by atoms with E-state index in [1.165, 1.54) is 0 Å². The molecule has 2 heterocycles. The van der Waals surface area contributed by atoms with Gasteiger partial charge in [0.15, 0.2) is 23.7 Å². The SMILES string of the molecule is CCOc1cc2c(cc1OC)C(c1ccc(OC)nc1OC)=N[C@@H]1CC[C@@H](O)C[C@H]21.O=C(O)C(O)C(O)C(=O)O. The summed E-state index contributed by atoms with van der Waals surface area (Å²) in [6.07, 6.45) is -2.58. The number of aliphatic carboxylic acids is 2. The second kappa shape index (κ2) is 13.4. The van der Waals surface area contributed by atoms with Crippen LogP contribution in [0.3, 0.4) is 0 Å². The second-order valence-electron chi connectivity index (χ2n) is 9.12. The number of methoxy groups -OCH3 is 3. The van der Waals surface area contributed by atoms with Crippen LogP contribution in [0.2, 0.25) is 0 Å². The Balaban J connectivity index is 0.000000378. The number of hydrogen-bond acceptors (Lipinski definition) is 11. The monoisotopic (exact) mass is 562 g/mol. The average molecular weight is 563 g/mol. The molecule has 1 aromatic carbocycles. The van der Waals surface area contributed by atoms with Crippen LogP contribution >= 0.6 is 0 Å². The van der Waals surface area contributed by atoms with Gasteiger partial charge in [-0.3, -0.25) is 4.99 Å². The summed E-state index contributed by atoms with van der Waals surface area (Å²) in [6.45, 7) is 2.50. The number of nitrogens with zero attached hydrogens (tertiary/aromatic N) is 2. The Bertz CT molecular complexity index is 1230. The van der Waals surface area contributed by atoms with E-state index in [0.717, 1.165) is 35.2 Å². The fourth-order valence-corrected chi connectivity index (χ4v) is 4.73. The predicted molar refractivity (Wildman–Crippen MR) is 141 cm³/mol. The molecule has 13 nitrogen and oxygen atoms in total. The number of ether oxygens (including phenoxy) is 4. The minimum absolute atomic E-state index is 0.0885. The van der Waals surface area contributed by atoms with Gasteiger partial charge in [-0.25, -0.2) is 9.59 Å². The van der Waals surface area contributed by atoms with Crippen molar-refractivity contribution in [3.05, 3.63) is 41.0 Å². The quantitative estimate of drug-likeness (QED) is 0.293. The maximum Gasteiger partial charge on any atom is 0.335 e. The van der Waals surface area contributed by atoms with Crippen molar-refractivity contribution >= 4 is 17.7 Å². The fraction of sp³-hybridized carbons (Fsp3) is 0.481. The molecule has 0 saturated heterocycles. The zero-order valence-electron chi connectivity index (χ0n) is 22.6. The predicted octanol–water partition coefficient (Wildman–Crippen LogP) is 1.23. The molecule has 2 aliphatic rings. The summed E-state index contributed by atoms with van der Waals surface area (Å²) in [5.74, 6) is -1.10. The van der Waals surface area contributed by atoms with Gasteiger partial charge in [0.2, 0.25) is 11.8 Å². The number of carbonyl (C=O) groups is 2. The van der Waals surface area contributed by atoms with Crippen molar-refractivity contribution in [3.63, 3.8) is 0 Å². The van der Waals surface area contributed by atoms with E-state index in [-0.39, 0.29) is 18.1 Å². The molecule has 0 bridgehead atoms. The van der Waals surface area contributed by atoms with Gasteiger partial charge in [-0.1, -0.05) is 0 Å². The molecule has 2 aromatic rings. The molecular formula is C27H34N2O11. The molecule has 1 aliphatic carbocycles. The Kier molecular flexibility index (Phi) is 10.3. The average Bonchev–Trinajstić information content (AvgIpc) is 2.95. The van der Waals surface area contributed by atoms with Crippen LogP contribution in [0.1, 0.15) is 48.8 Å². The number of aromatic nitrogens is 1. The zero-order valence-corrected chi connectivity index (χ0v) is 22.6. The van der Waals surface area contributed by atoms with Crippen LogP contribution in [-0.2, 0) is 9.59 Å². The van der Waals surface area contributed by atoms with Crippen molar-refractivity contribution < 1.29 is 54.1 Å². The highest BCUT2D eigenvalue weighted by Crippen LogP contribution is 2.45. The number of hydrogen-bond donors (Lipinski definition) is 5. The second-order valence-corrected chi connectivity index (χ2v) is 9.12. The molecule has 1 aromatic heterocycles. The third kappa shape index (κ3) is 6.61. The van der Waals surface area contributed by atoms with E-state index in [4.69, 9.17) is 44.4 Å². The number of carboxylic acid groups (broad SMARTS) is 2. The van der Waals surface area contributed by atoms with Gasteiger partial charge >= 0.3 is 11.9 Å². The highest BCUT2D eigenvalue weighted by molar-refractivity contribution is 6.16. The smallest absolute Gasteiger partial charge is 0.335 e. The van der Waals surface area contributed by atoms with Crippen LogP contribution in [0, 0.1) is 0 Å². The summed E-state index contributed by atoms with van der Waals surface area (Å²) in [6, 6.07) is 7.84. The molecule has 0 spiro atoms. The van der Waals surface area contributed by atoms with E-state index >= 15 is 0 Å². The third-order valence-corrected chi connectivity index (χ3v) is 6.67. The lowest BCUT2D eigenvalue weighted by Gasteiger charge is -2.37. The molecule has 2 unspecified atom stereocenters. The Morgan fingerprint density at radius 3 is 2.17 bits per heavy atom. The minimum Gasteiger partial charge on any atom is -0.493 e. The van der Waals surface area contributed by atoms with Gasteiger partial charge in [-0.15, -0.1) is 0 Å². The van der Waals surface area contributed by atoms with Crippen molar-refractivity contribution in [2.24, 2.45) is 4.99 Å². The number of carboxylic acids is 2. The van der Waals surface area contributed by atoms with Gasteiger partial charge in [0.1, 0.15) is 0 Å². The van der Waals surface area contributed by atoms with Gasteiger partial charge in [0.25, 0.3) is 0 Å². The van der Waals surface area contributed by atoms with Crippen LogP contribution in [0.25, 0.3) is 0 Å². The third-order valence-electron chi connectivity index (χ3n) is 6.67. The fourth-order valence-electron chi connectivity index (χ4n) is 4.73. The van der Waals surface area contributed by atoms with E-state index in [1.54, 1.807) is 21.3 Å². The van der Waals surface area contributed by atoms with Crippen molar-refractivity contribution in [2.45, 2.75) is 56.5 Å². The summed E-state index contributed by atoms with van der Waals surface area (Å²) >= 11 is 0. The molecule has 1 aliphatic heterocycles. The van der Waals surface area contributed by atoms with E-state index in [1.807, 2.05) is 31.2 Å². The summed E-state index contributed by atoms with van der Waals surface area (Å²) in [5.41, 5.74) is 3.69. The van der Waals surface area contributed by atoms with Crippen molar-refractivity contribution in [2.75, 3.05) is 27.9 Å². The first-order valence-electron chi connectivity index (χ1n) is 12.6. The standard InChI is InChI=1S/C23H28N2O5.C4H6O6/c1-5-30-20-11-15-16-10-13(26)6-8-18(16)24-22(17(15)12-19(20)27-2)14-7-9-21(28-3)25-23(14)29-4;5-1(3(7)8)2(6)4(9)10/h7,9,11-13,16,18,26H,5-6,8,10H2,1-4H3;1-2,5-6H,(H,7,8)(H,9,10)/t13-,16-,18-;/m1./s1. The summed E-state index contributed by atoms with van der Waals surface area (Å²) in [5, 5.41) is 42.8. The van der Waals surface area contributed by atoms with Gasteiger partial charge < -0.3 is 44.5 Å². The highest BCUT2D eigenvalue weighted by Gasteiger charge is 2.38. The Labute approximate surface area is 230 Å². The topological polar surface area (TPSA) is 197 Å². The molecule has 5 atom stereocenters. The van der Waals surface area contributed by atoms with Crippen LogP contribution in [0.4, 0.5) is 0 Å². The lowest BCUT2D eigenvalue weighted by molar-refractivity contribution is -0.165. The summed E-state index contributed by atoms with van der Waals surface area (Å²) in [7, 11) is 4.80. The molecule has 1 fully saturated rings. The molecule has 0 radical (unpaired) electrons. The van der Waals surface area contributed by atoms with Gasteiger partial charge in [-0.05, 0) is 49.9 Å². The Hall–Kier alpha value is -3.94. The van der Waals surface area contributed by atoms with Gasteiger partial charge in [0.05, 0.1) is 51.4 Å². The van der Waals surface area contributed by atoms with Crippen LogP contribution in [0.5, 0.6) is 23.3 Å². The molecule has 13 heteroatoms. The van der Waals surface area contributed by atoms with Gasteiger partial charge in [-0.2, -0.15) is 4.98 Å². The molecule has 40 heavy (non-hydrogen) atoms. The van der Waals surface area contributed by atoms with E-state index in [0.29, 0.717) is 36.3 Å². The maximum absolute atomic E-state index is 10.3. The molecule has 4 rings (SSSR count). The lowest BCUT2D eigenvalue weighted by atomic mass is 9.74. The highest BCUT2D eigenvalue weighted by atomic mass is 16.5. The largest absolute Gasteiger partial charge is 0.493 e. The maximum atomic E-state index is 10.3. The molecule has 218 valence electrons. The lowest BCUT2D eigenvalue weighted by Crippen LogP contribution is -2.39. The van der Waals surface area contributed by atoms with E-state index in [9.17, 15) is 14.7 Å². The number of aliphatic hydroxyl groups excluding tert-OH is 3. The van der Waals surface area contributed by atoms with Crippen molar-refractivity contribution in [1.82, 2.24) is 4.98 Å². The first-order chi connectivity index (χ1) is 19.1. The first kappa shape index (κ1) is 30.6. The number of rotatable bonds is 9. The number of aliphatic imine (C=N–C) groups is 1. The molecular weight excluding hydrogens is 528 g/mol. The summed E-state index contributed by atoms with van der Waals surface area (Å²) in [4.78, 5) is 29.1. The molecule has 0 amide bonds. The van der Waals surface area contributed by atoms with Crippen molar-refractivity contribution in [3.8, 4) is 23.3 Å². The number of aliphatic hydroxyl groups is 3. The normalized spacial score (nSPS) is 20.8. The van der Waals surface area contributed by atoms with E-state index < -0.39 is 24.1 Å². The van der Waals surface area contributed by atoms with Crippen LogP contribution in [-0.4, -0.2) is 100 Å². The molecule has 5 N–H and O–H groups in total. The zero-order chi connectivity index (χ0) is 29.6. The first-order valence-corrected chi connectivity index (χ1v) is 12.6. The summed E-state index contributed by atoms with van der Waals surface area (Å²) < 4.78 is 22.2. The van der Waals surface area contributed by atoms with Crippen LogP contribution in [0.15, 0.2) is 29.3 Å². The number of benzene rings is 1. The van der Waals surface area contributed by atoms with Gasteiger partial charge in [0, 0.05) is 17.5 Å². The number of pyridine rings is 1. The Morgan fingerprint density at radius 2 is 1.62 bits per heavy atom.